The fourth-order valence-corrected chi connectivity index (χ4v) is 2.25. The minimum atomic E-state index is 0.275. The largest absolute Gasteiger partial charge is 0.386 e. The number of anilines is 2. The summed E-state index contributed by atoms with van der Waals surface area (Å²) in [6, 6.07) is 9.53. The summed E-state index contributed by atoms with van der Waals surface area (Å²) >= 11 is 0. The summed E-state index contributed by atoms with van der Waals surface area (Å²) in [6.45, 7) is 0. The Hall–Kier alpha value is -3.80. The van der Waals surface area contributed by atoms with E-state index >= 15 is 0 Å². The van der Waals surface area contributed by atoms with Gasteiger partial charge in [0.1, 0.15) is 17.3 Å². The van der Waals surface area contributed by atoms with Crippen molar-refractivity contribution in [1.29, 1.82) is 5.26 Å². The molecular formula is C17H17N9. The van der Waals surface area contributed by atoms with Crippen molar-refractivity contribution in [3.63, 3.8) is 0 Å². The lowest BCUT2D eigenvalue weighted by Crippen LogP contribution is -2.08. The van der Waals surface area contributed by atoms with Crippen LogP contribution in [-0.4, -0.2) is 40.9 Å². The zero-order valence-corrected chi connectivity index (χ0v) is 14.6. The quantitative estimate of drug-likeness (QED) is 0.711. The van der Waals surface area contributed by atoms with Crippen LogP contribution in [0.1, 0.15) is 5.56 Å². The van der Waals surface area contributed by atoms with Gasteiger partial charge in [-0.05, 0) is 24.3 Å². The van der Waals surface area contributed by atoms with Crippen LogP contribution in [0, 0.1) is 11.3 Å². The van der Waals surface area contributed by atoms with Crippen molar-refractivity contribution >= 4 is 22.9 Å². The third-order valence-electron chi connectivity index (χ3n) is 3.62. The van der Waals surface area contributed by atoms with E-state index in [2.05, 4.69) is 36.7 Å². The van der Waals surface area contributed by atoms with Gasteiger partial charge < -0.3 is 10.2 Å². The molecule has 9 heteroatoms. The number of azo groups is 1. The molecule has 130 valence electrons. The normalized spacial score (nSPS) is 10.7. The molecule has 1 N–H and O–H groups in total. The van der Waals surface area contributed by atoms with E-state index in [0.29, 0.717) is 11.6 Å². The van der Waals surface area contributed by atoms with Crippen LogP contribution in [0.5, 0.6) is 0 Å². The van der Waals surface area contributed by atoms with Crippen molar-refractivity contribution in [2.75, 3.05) is 31.4 Å². The highest BCUT2D eigenvalue weighted by molar-refractivity contribution is 5.71. The second kappa shape index (κ2) is 7.40. The molecule has 0 aliphatic rings. The lowest BCUT2D eigenvalue weighted by Gasteiger charge is -2.14. The molecule has 2 heterocycles. The van der Waals surface area contributed by atoms with E-state index in [1.807, 2.05) is 44.2 Å². The molecule has 0 saturated carbocycles. The van der Waals surface area contributed by atoms with Gasteiger partial charge in [0.25, 0.3) is 5.95 Å². The van der Waals surface area contributed by atoms with E-state index < -0.39 is 0 Å². The molecule has 0 unspecified atom stereocenters. The lowest BCUT2D eigenvalue weighted by atomic mass is 10.2. The zero-order valence-electron chi connectivity index (χ0n) is 14.6. The lowest BCUT2D eigenvalue weighted by molar-refractivity contribution is 0.803. The Labute approximate surface area is 150 Å². The Morgan fingerprint density at radius 3 is 2.62 bits per heavy atom. The van der Waals surface area contributed by atoms with E-state index in [4.69, 9.17) is 0 Å². The summed E-state index contributed by atoms with van der Waals surface area (Å²) in [7, 11) is 5.75. The van der Waals surface area contributed by atoms with Gasteiger partial charge in [-0.3, -0.25) is 0 Å². The molecule has 0 aliphatic carbocycles. The molecule has 0 fully saturated rings. The van der Waals surface area contributed by atoms with Crippen molar-refractivity contribution in [2.45, 2.75) is 0 Å². The second-order valence-corrected chi connectivity index (χ2v) is 5.50. The maximum absolute atomic E-state index is 9.31. The number of nitrogens with zero attached hydrogens (tertiary/aromatic N) is 8. The van der Waals surface area contributed by atoms with Crippen LogP contribution in [-0.2, 0) is 0 Å². The number of hydrogen-bond donors (Lipinski definition) is 1. The Morgan fingerprint density at radius 1 is 1.19 bits per heavy atom. The van der Waals surface area contributed by atoms with Gasteiger partial charge in [0, 0.05) is 39.2 Å². The number of hydrogen-bond acceptors (Lipinski definition) is 8. The molecule has 1 aromatic carbocycles. The number of aromatic nitrogens is 4. The van der Waals surface area contributed by atoms with Crippen LogP contribution in [0.4, 0.5) is 22.9 Å². The maximum Gasteiger partial charge on any atom is 0.252 e. The van der Waals surface area contributed by atoms with Crippen LogP contribution < -0.4 is 10.2 Å². The van der Waals surface area contributed by atoms with Gasteiger partial charge in [0.2, 0.25) is 0 Å². The van der Waals surface area contributed by atoms with Gasteiger partial charge in [-0.1, -0.05) is 0 Å². The predicted molar refractivity (Wildman–Crippen MR) is 98.4 cm³/mol. The third-order valence-corrected chi connectivity index (χ3v) is 3.62. The van der Waals surface area contributed by atoms with Gasteiger partial charge in [-0.25, -0.2) is 9.97 Å². The van der Waals surface area contributed by atoms with E-state index in [0.717, 1.165) is 11.4 Å². The summed E-state index contributed by atoms with van der Waals surface area (Å²) in [4.78, 5) is 10.3. The Balaban J connectivity index is 2.02. The van der Waals surface area contributed by atoms with Gasteiger partial charge in [0.05, 0.1) is 11.9 Å². The highest BCUT2D eigenvalue weighted by Gasteiger charge is 2.14. The number of nitriles is 1. The minimum absolute atomic E-state index is 0.275. The summed E-state index contributed by atoms with van der Waals surface area (Å²) in [6.07, 6.45) is 4.60. The first kappa shape index (κ1) is 17.0. The van der Waals surface area contributed by atoms with Gasteiger partial charge in [-0.15, -0.1) is 10.2 Å². The summed E-state index contributed by atoms with van der Waals surface area (Å²) in [5.41, 5.74) is 2.79. The topological polar surface area (TPSA) is 107 Å². The molecule has 0 atom stereocenters. The molecule has 0 amide bonds. The molecule has 3 rings (SSSR count). The number of rotatable bonds is 5. The maximum atomic E-state index is 9.31. The fraction of sp³-hybridized carbons (Fsp3) is 0.176. The van der Waals surface area contributed by atoms with Crippen LogP contribution in [0.3, 0.4) is 0 Å². The molecule has 2 aromatic heterocycles. The molecule has 3 aromatic rings. The Kier molecular flexibility index (Phi) is 4.85. The van der Waals surface area contributed by atoms with Crippen LogP contribution in [0.15, 0.2) is 53.1 Å². The van der Waals surface area contributed by atoms with Crippen molar-refractivity contribution in [1.82, 2.24) is 19.7 Å². The number of benzene rings is 1. The predicted octanol–water partition coefficient (Wildman–Crippen LogP) is 3.06. The minimum Gasteiger partial charge on any atom is -0.386 e. The van der Waals surface area contributed by atoms with Gasteiger partial charge in [-0.2, -0.15) is 15.0 Å². The summed E-state index contributed by atoms with van der Waals surface area (Å²) in [5, 5.41) is 25.1. The molecule has 0 radical (unpaired) electrons. The Morgan fingerprint density at radius 2 is 1.96 bits per heavy atom. The van der Waals surface area contributed by atoms with Gasteiger partial charge in [0.15, 0.2) is 5.82 Å². The van der Waals surface area contributed by atoms with Crippen molar-refractivity contribution in [3.05, 3.63) is 48.4 Å². The van der Waals surface area contributed by atoms with E-state index in [1.54, 1.807) is 18.5 Å². The molecular weight excluding hydrogens is 330 g/mol. The zero-order chi connectivity index (χ0) is 18.5. The van der Waals surface area contributed by atoms with Crippen LogP contribution in [0.2, 0.25) is 0 Å². The molecule has 0 aliphatic heterocycles. The third kappa shape index (κ3) is 3.34. The van der Waals surface area contributed by atoms with Crippen molar-refractivity contribution in [3.8, 4) is 12.0 Å². The van der Waals surface area contributed by atoms with E-state index in [9.17, 15) is 5.26 Å². The molecule has 0 bridgehead atoms. The molecule has 26 heavy (non-hydrogen) atoms. The average molecular weight is 347 g/mol. The van der Waals surface area contributed by atoms with Crippen molar-refractivity contribution in [2.24, 2.45) is 10.2 Å². The first-order chi connectivity index (χ1) is 12.6. The smallest absolute Gasteiger partial charge is 0.252 e. The molecule has 9 nitrogen and oxygen atoms in total. The highest BCUT2D eigenvalue weighted by Crippen LogP contribution is 2.31. The summed E-state index contributed by atoms with van der Waals surface area (Å²) < 4.78 is 1.38. The number of nitrogens with one attached hydrogen (secondary N) is 1. The SMILES string of the molecule is CNc1cc(N(C)C)ccc1/N=N/c1c(C#N)cnn1-c1ncccn1. The van der Waals surface area contributed by atoms with Crippen LogP contribution in [0.25, 0.3) is 5.95 Å². The first-order valence-electron chi connectivity index (χ1n) is 7.80. The molecule has 0 spiro atoms. The summed E-state index contributed by atoms with van der Waals surface area (Å²) in [5.74, 6) is 0.595. The van der Waals surface area contributed by atoms with Gasteiger partial charge >= 0.3 is 0 Å². The average Bonchev–Trinajstić information content (AvgIpc) is 3.09. The standard InChI is InChI=1S/C17H17N9/c1-19-15-9-13(25(2)3)5-6-14(15)23-24-16-12(10-18)11-22-26(16)17-20-7-4-8-21-17/h4-9,11,19H,1-3H3/b24-23+. The fourth-order valence-electron chi connectivity index (χ4n) is 2.25. The Bertz CT molecular complexity index is 968. The first-order valence-corrected chi connectivity index (χ1v) is 7.80. The van der Waals surface area contributed by atoms with Crippen LogP contribution >= 0.6 is 0 Å². The molecule has 0 saturated heterocycles. The highest BCUT2D eigenvalue weighted by atomic mass is 15.4. The van der Waals surface area contributed by atoms with E-state index in [-0.39, 0.29) is 11.4 Å². The monoisotopic (exact) mass is 347 g/mol. The second-order valence-electron chi connectivity index (χ2n) is 5.50. The van der Waals surface area contributed by atoms with E-state index in [1.165, 1.54) is 10.9 Å². The van der Waals surface area contributed by atoms with Crippen molar-refractivity contribution < 1.29 is 0 Å².